The van der Waals surface area contributed by atoms with Crippen LogP contribution in [0.5, 0.6) is 0 Å². The Hall–Kier alpha value is -2.55. The molecule has 1 saturated carbocycles. The van der Waals surface area contributed by atoms with Gasteiger partial charge in [0.05, 0.1) is 12.9 Å². The van der Waals surface area contributed by atoms with E-state index in [0.717, 1.165) is 17.7 Å². The van der Waals surface area contributed by atoms with Crippen molar-refractivity contribution in [2.45, 2.75) is 25.2 Å². The number of aromatic nitrogens is 1. The van der Waals surface area contributed by atoms with Crippen molar-refractivity contribution < 1.29 is 4.74 Å². The topological polar surface area (TPSA) is 48.1 Å². The van der Waals surface area contributed by atoms with Gasteiger partial charge in [0.2, 0.25) is 0 Å². The number of methoxy groups -OCH3 is 1. The van der Waals surface area contributed by atoms with Crippen LogP contribution >= 0.6 is 0 Å². The molecule has 0 saturated heterocycles. The third kappa shape index (κ3) is 3.46. The Labute approximate surface area is 149 Å². The Balaban J connectivity index is 1.47. The Kier molecular flexibility index (Phi) is 4.31. The molecule has 0 radical (unpaired) electrons. The number of ether oxygens (including phenoxy) is 1. The fourth-order valence-corrected chi connectivity index (χ4v) is 3.88. The molecule has 0 amide bonds. The average molecular weight is 332 g/mol. The van der Waals surface area contributed by atoms with Crippen LogP contribution in [-0.4, -0.2) is 12.1 Å². The van der Waals surface area contributed by atoms with Crippen LogP contribution in [0.3, 0.4) is 0 Å². The molecule has 128 valence electrons. The highest BCUT2D eigenvalue weighted by Gasteiger charge is 2.41. The SMILES string of the molecule is COC1=CC=CC(CC2CC2c2cc(-c3ccccc3)cnc2N)C1. The highest BCUT2D eigenvalue weighted by molar-refractivity contribution is 5.66. The molecular formula is C22H24N2O. The zero-order valence-corrected chi connectivity index (χ0v) is 14.6. The Morgan fingerprint density at radius 3 is 2.84 bits per heavy atom. The standard InChI is InChI=1S/C22H24N2O/c1-25-19-9-5-6-15(11-19)10-17-12-20(17)21-13-18(14-24-22(21)23)16-7-3-2-4-8-16/h2-9,13-15,17,20H,10-12H2,1H3,(H2,23,24). The molecule has 2 aromatic rings. The van der Waals surface area contributed by atoms with Crippen molar-refractivity contribution in [2.24, 2.45) is 11.8 Å². The quantitative estimate of drug-likeness (QED) is 0.844. The maximum absolute atomic E-state index is 6.19. The molecule has 0 bridgehead atoms. The van der Waals surface area contributed by atoms with Crippen molar-refractivity contribution in [3.63, 3.8) is 0 Å². The summed E-state index contributed by atoms with van der Waals surface area (Å²) in [7, 11) is 1.75. The van der Waals surface area contributed by atoms with Crippen molar-refractivity contribution in [3.8, 4) is 11.1 Å². The second-order valence-corrected chi connectivity index (χ2v) is 7.09. The Bertz CT molecular complexity index is 810. The molecule has 25 heavy (non-hydrogen) atoms. The number of nitrogens with two attached hydrogens (primary N) is 1. The number of benzene rings is 1. The van der Waals surface area contributed by atoms with Crippen LogP contribution in [0.2, 0.25) is 0 Å². The van der Waals surface area contributed by atoms with Crippen LogP contribution in [0.25, 0.3) is 11.1 Å². The van der Waals surface area contributed by atoms with E-state index < -0.39 is 0 Å². The molecule has 3 unspecified atom stereocenters. The summed E-state index contributed by atoms with van der Waals surface area (Å²) in [6, 6.07) is 12.6. The van der Waals surface area contributed by atoms with E-state index in [2.05, 4.69) is 53.5 Å². The van der Waals surface area contributed by atoms with Gasteiger partial charge in [-0.3, -0.25) is 0 Å². The van der Waals surface area contributed by atoms with Crippen LogP contribution in [0, 0.1) is 11.8 Å². The molecular weight excluding hydrogens is 308 g/mol. The summed E-state index contributed by atoms with van der Waals surface area (Å²) < 4.78 is 5.40. The van der Waals surface area contributed by atoms with Crippen molar-refractivity contribution in [1.82, 2.24) is 4.98 Å². The molecule has 2 N–H and O–H groups in total. The first-order valence-electron chi connectivity index (χ1n) is 8.97. The first-order chi connectivity index (χ1) is 12.2. The maximum Gasteiger partial charge on any atom is 0.126 e. The van der Waals surface area contributed by atoms with Gasteiger partial charge >= 0.3 is 0 Å². The monoisotopic (exact) mass is 332 g/mol. The number of anilines is 1. The Morgan fingerprint density at radius 2 is 2.04 bits per heavy atom. The summed E-state index contributed by atoms with van der Waals surface area (Å²) in [6.07, 6.45) is 11.8. The summed E-state index contributed by atoms with van der Waals surface area (Å²) >= 11 is 0. The summed E-state index contributed by atoms with van der Waals surface area (Å²) in [5, 5.41) is 0. The summed E-state index contributed by atoms with van der Waals surface area (Å²) in [5.74, 6) is 3.57. The predicted molar refractivity (Wildman–Crippen MR) is 102 cm³/mol. The third-order valence-electron chi connectivity index (χ3n) is 5.38. The average Bonchev–Trinajstić information content (AvgIpc) is 3.42. The zero-order chi connectivity index (χ0) is 17.2. The predicted octanol–water partition coefficient (Wildman–Crippen LogP) is 4.93. The van der Waals surface area contributed by atoms with E-state index in [1.165, 1.54) is 24.0 Å². The second kappa shape index (κ2) is 6.75. The van der Waals surface area contributed by atoms with Gasteiger partial charge in [0.1, 0.15) is 5.82 Å². The summed E-state index contributed by atoms with van der Waals surface area (Å²) in [4.78, 5) is 4.46. The number of nitrogen functional groups attached to an aromatic ring is 1. The zero-order valence-electron chi connectivity index (χ0n) is 14.6. The lowest BCUT2D eigenvalue weighted by Gasteiger charge is -2.17. The van der Waals surface area contributed by atoms with E-state index in [0.29, 0.717) is 23.6 Å². The van der Waals surface area contributed by atoms with Crippen LogP contribution in [0.4, 0.5) is 5.82 Å². The molecule has 3 heteroatoms. The normalized spacial score (nSPS) is 24.7. The van der Waals surface area contributed by atoms with E-state index in [-0.39, 0.29) is 0 Å². The maximum atomic E-state index is 6.19. The number of rotatable bonds is 5. The fourth-order valence-electron chi connectivity index (χ4n) is 3.88. The highest BCUT2D eigenvalue weighted by Crippen LogP contribution is 2.53. The number of pyridine rings is 1. The fraction of sp³-hybridized carbons (Fsp3) is 0.318. The smallest absolute Gasteiger partial charge is 0.126 e. The lowest BCUT2D eigenvalue weighted by Crippen LogP contribution is -2.05. The van der Waals surface area contributed by atoms with Crippen LogP contribution in [0.15, 0.2) is 66.6 Å². The molecule has 1 fully saturated rings. The highest BCUT2D eigenvalue weighted by atomic mass is 16.5. The largest absolute Gasteiger partial charge is 0.501 e. The number of nitrogens with zero attached hydrogens (tertiary/aromatic N) is 1. The van der Waals surface area contributed by atoms with Crippen molar-refractivity contribution in [2.75, 3.05) is 12.8 Å². The molecule has 0 spiro atoms. The minimum Gasteiger partial charge on any atom is -0.501 e. The number of allylic oxidation sites excluding steroid dienone is 4. The van der Waals surface area contributed by atoms with Crippen molar-refractivity contribution in [1.29, 1.82) is 0 Å². The molecule has 1 aromatic heterocycles. The van der Waals surface area contributed by atoms with E-state index >= 15 is 0 Å². The van der Waals surface area contributed by atoms with Gasteiger partial charge in [0.25, 0.3) is 0 Å². The number of hydrogen-bond acceptors (Lipinski definition) is 3. The van der Waals surface area contributed by atoms with E-state index in [9.17, 15) is 0 Å². The van der Waals surface area contributed by atoms with E-state index in [1.807, 2.05) is 12.3 Å². The molecule has 1 aromatic carbocycles. The van der Waals surface area contributed by atoms with Gasteiger partial charge in [-0.2, -0.15) is 0 Å². The first kappa shape index (κ1) is 15.9. The van der Waals surface area contributed by atoms with Gasteiger partial charge in [0.15, 0.2) is 0 Å². The molecule has 2 aliphatic carbocycles. The van der Waals surface area contributed by atoms with Crippen LogP contribution in [0.1, 0.15) is 30.7 Å². The van der Waals surface area contributed by atoms with Gasteiger partial charge in [-0.1, -0.05) is 42.5 Å². The van der Waals surface area contributed by atoms with E-state index in [4.69, 9.17) is 10.5 Å². The van der Waals surface area contributed by atoms with Gasteiger partial charge in [-0.05, 0) is 53.9 Å². The minimum absolute atomic E-state index is 0.543. The van der Waals surface area contributed by atoms with E-state index in [1.54, 1.807) is 7.11 Å². The minimum atomic E-state index is 0.543. The van der Waals surface area contributed by atoms with Crippen molar-refractivity contribution in [3.05, 3.63) is 72.1 Å². The molecule has 0 aliphatic heterocycles. The Morgan fingerprint density at radius 1 is 1.20 bits per heavy atom. The molecule has 1 heterocycles. The first-order valence-corrected chi connectivity index (χ1v) is 8.97. The molecule has 2 aliphatic rings. The number of hydrogen-bond donors (Lipinski definition) is 1. The van der Waals surface area contributed by atoms with Gasteiger partial charge in [-0.25, -0.2) is 4.98 Å². The van der Waals surface area contributed by atoms with Gasteiger partial charge in [0, 0.05) is 18.2 Å². The molecule has 3 nitrogen and oxygen atoms in total. The summed E-state index contributed by atoms with van der Waals surface area (Å²) in [6.45, 7) is 0. The van der Waals surface area contributed by atoms with Gasteiger partial charge < -0.3 is 10.5 Å². The molecule has 3 atom stereocenters. The van der Waals surface area contributed by atoms with Crippen LogP contribution < -0.4 is 5.73 Å². The van der Waals surface area contributed by atoms with Gasteiger partial charge in [-0.15, -0.1) is 0 Å². The van der Waals surface area contributed by atoms with Crippen LogP contribution in [-0.2, 0) is 4.74 Å². The lowest BCUT2D eigenvalue weighted by molar-refractivity contribution is 0.261. The lowest BCUT2D eigenvalue weighted by atomic mass is 9.92. The molecule has 4 rings (SSSR count). The summed E-state index contributed by atoms with van der Waals surface area (Å²) in [5.41, 5.74) is 9.75. The third-order valence-corrected chi connectivity index (χ3v) is 5.38. The second-order valence-electron chi connectivity index (χ2n) is 7.09. The van der Waals surface area contributed by atoms with Crippen molar-refractivity contribution >= 4 is 5.82 Å².